The lowest BCUT2D eigenvalue weighted by Crippen LogP contribution is -2.36. The highest BCUT2D eigenvalue weighted by Gasteiger charge is 2.17. The molecule has 0 amide bonds. The summed E-state index contributed by atoms with van der Waals surface area (Å²) in [6.07, 6.45) is 4.79. The van der Waals surface area contributed by atoms with Gasteiger partial charge in [-0.25, -0.2) is 0 Å². The van der Waals surface area contributed by atoms with Crippen LogP contribution in [0.2, 0.25) is 0 Å². The van der Waals surface area contributed by atoms with Gasteiger partial charge in [0.2, 0.25) is 0 Å². The van der Waals surface area contributed by atoms with Crippen molar-refractivity contribution in [2.24, 2.45) is 0 Å². The molecule has 1 atom stereocenters. The van der Waals surface area contributed by atoms with E-state index in [0.29, 0.717) is 13.2 Å². The zero-order chi connectivity index (χ0) is 13.7. The van der Waals surface area contributed by atoms with E-state index in [0.717, 1.165) is 18.4 Å². The first kappa shape index (κ1) is 14.2. The molecule has 2 rings (SSSR count). The number of ketones is 1. The molecule has 0 spiro atoms. The Balaban J connectivity index is 2.02. The molecule has 1 N–H and O–H groups in total. The van der Waals surface area contributed by atoms with Crippen LogP contribution in [0.4, 0.5) is 0 Å². The minimum absolute atomic E-state index is 0.156. The summed E-state index contributed by atoms with van der Waals surface area (Å²) in [7, 11) is 1.66. The number of carbonyl (C=O) groups is 1. The van der Waals surface area contributed by atoms with Crippen molar-refractivity contribution in [3.8, 4) is 0 Å². The first-order chi connectivity index (χ1) is 9.22. The number of fused-ring (bicyclic) bond motifs is 1. The van der Waals surface area contributed by atoms with E-state index in [-0.39, 0.29) is 11.8 Å². The number of hydrogen-bond donors (Lipinski definition) is 1. The molecule has 0 fully saturated rings. The number of methoxy groups -OCH3 is 1. The normalized spacial score (nSPS) is 15.9. The van der Waals surface area contributed by atoms with E-state index in [1.165, 1.54) is 24.0 Å². The molecule has 3 nitrogen and oxygen atoms in total. The van der Waals surface area contributed by atoms with Gasteiger partial charge in [0.15, 0.2) is 5.78 Å². The van der Waals surface area contributed by atoms with Gasteiger partial charge >= 0.3 is 0 Å². The third kappa shape index (κ3) is 3.64. The van der Waals surface area contributed by atoms with Crippen molar-refractivity contribution in [3.05, 3.63) is 34.9 Å². The van der Waals surface area contributed by atoms with Crippen molar-refractivity contribution < 1.29 is 9.53 Å². The van der Waals surface area contributed by atoms with Crippen molar-refractivity contribution >= 4 is 5.78 Å². The maximum Gasteiger partial charge on any atom is 0.179 e. The fourth-order valence-electron chi connectivity index (χ4n) is 2.61. The summed E-state index contributed by atoms with van der Waals surface area (Å²) in [5.41, 5.74) is 3.61. The maximum atomic E-state index is 12.3. The Morgan fingerprint density at radius 2 is 2.05 bits per heavy atom. The van der Waals surface area contributed by atoms with Crippen LogP contribution in [-0.2, 0) is 17.6 Å². The molecule has 0 heterocycles. The van der Waals surface area contributed by atoms with Crippen LogP contribution < -0.4 is 5.32 Å². The van der Waals surface area contributed by atoms with Gasteiger partial charge in [0, 0.05) is 19.2 Å². The van der Waals surface area contributed by atoms with E-state index in [1.807, 2.05) is 13.0 Å². The fourth-order valence-corrected chi connectivity index (χ4v) is 2.61. The highest BCUT2D eigenvalue weighted by atomic mass is 16.5. The van der Waals surface area contributed by atoms with Crippen LogP contribution in [0.1, 0.15) is 41.3 Å². The molecule has 0 aromatic heterocycles. The Bertz CT molecular complexity index is 442. The van der Waals surface area contributed by atoms with Crippen molar-refractivity contribution in [3.63, 3.8) is 0 Å². The van der Waals surface area contributed by atoms with Crippen LogP contribution in [0, 0.1) is 0 Å². The van der Waals surface area contributed by atoms with Crippen molar-refractivity contribution in [1.82, 2.24) is 5.32 Å². The highest BCUT2D eigenvalue weighted by molar-refractivity contribution is 6.00. The van der Waals surface area contributed by atoms with Crippen LogP contribution in [0.25, 0.3) is 0 Å². The maximum absolute atomic E-state index is 12.3. The van der Waals surface area contributed by atoms with E-state index < -0.39 is 0 Å². The lowest BCUT2D eigenvalue weighted by atomic mass is 9.89. The largest absolute Gasteiger partial charge is 0.383 e. The van der Waals surface area contributed by atoms with E-state index in [1.54, 1.807) is 7.11 Å². The summed E-state index contributed by atoms with van der Waals surface area (Å²) >= 11 is 0. The summed E-state index contributed by atoms with van der Waals surface area (Å²) in [4.78, 5) is 12.3. The summed E-state index contributed by atoms with van der Waals surface area (Å²) in [6.45, 7) is 3.24. The molecule has 0 radical (unpaired) electrons. The third-order valence-corrected chi connectivity index (χ3v) is 3.78. The molecule has 1 aromatic rings. The van der Waals surface area contributed by atoms with Gasteiger partial charge in [0.05, 0.1) is 12.6 Å². The minimum atomic E-state index is -0.156. The molecular formula is C16H23NO2. The number of rotatable bonds is 6. The summed E-state index contributed by atoms with van der Waals surface area (Å²) < 4.78 is 4.98. The summed E-state index contributed by atoms with van der Waals surface area (Å²) in [6, 6.07) is 6.03. The molecule has 19 heavy (non-hydrogen) atoms. The minimum Gasteiger partial charge on any atom is -0.383 e. The van der Waals surface area contributed by atoms with Crippen molar-refractivity contribution in [2.75, 3.05) is 20.3 Å². The Morgan fingerprint density at radius 3 is 2.79 bits per heavy atom. The molecule has 1 unspecified atom stereocenters. The average Bonchev–Trinajstić information content (AvgIpc) is 2.46. The second-order valence-corrected chi connectivity index (χ2v) is 5.22. The van der Waals surface area contributed by atoms with Gasteiger partial charge < -0.3 is 10.1 Å². The van der Waals surface area contributed by atoms with E-state index in [2.05, 4.69) is 17.4 Å². The van der Waals surface area contributed by atoms with Gasteiger partial charge in [0.1, 0.15) is 0 Å². The second-order valence-electron chi connectivity index (χ2n) is 5.22. The Labute approximate surface area is 115 Å². The van der Waals surface area contributed by atoms with Crippen LogP contribution in [0.15, 0.2) is 18.2 Å². The number of Topliss-reactive ketones (excluding diaryl/α,β-unsaturated/α-hetero) is 1. The van der Waals surface area contributed by atoms with E-state index in [9.17, 15) is 4.79 Å². The molecule has 0 saturated carbocycles. The lowest BCUT2D eigenvalue weighted by Gasteiger charge is -2.18. The highest BCUT2D eigenvalue weighted by Crippen LogP contribution is 2.22. The van der Waals surface area contributed by atoms with Gasteiger partial charge in [0.25, 0.3) is 0 Å². The van der Waals surface area contributed by atoms with Gasteiger partial charge in [-0.2, -0.15) is 0 Å². The molecule has 3 heteroatoms. The molecule has 0 bridgehead atoms. The Kier molecular flexibility index (Phi) is 5.11. The van der Waals surface area contributed by atoms with Crippen LogP contribution in [0.3, 0.4) is 0 Å². The van der Waals surface area contributed by atoms with Crippen LogP contribution in [-0.4, -0.2) is 32.1 Å². The fraction of sp³-hybridized carbons (Fsp3) is 0.562. The summed E-state index contributed by atoms with van der Waals surface area (Å²) in [5, 5.41) is 3.19. The Hall–Kier alpha value is -1.19. The molecule has 1 aromatic carbocycles. The first-order valence-electron chi connectivity index (χ1n) is 7.10. The molecule has 0 saturated heterocycles. The predicted molar refractivity (Wildman–Crippen MR) is 76.8 cm³/mol. The zero-order valence-electron chi connectivity index (χ0n) is 11.9. The lowest BCUT2D eigenvalue weighted by molar-refractivity contribution is 0.0945. The second kappa shape index (κ2) is 6.83. The Morgan fingerprint density at radius 1 is 1.32 bits per heavy atom. The van der Waals surface area contributed by atoms with Gasteiger partial charge in [-0.3, -0.25) is 4.79 Å². The molecule has 1 aliphatic carbocycles. The number of ether oxygens (including phenoxy) is 1. The number of carbonyl (C=O) groups excluding carboxylic acids is 1. The van der Waals surface area contributed by atoms with Crippen molar-refractivity contribution in [1.29, 1.82) is 0 Å². The van der Waals surface area contributed by atoms with Gasteiger partial charge in [-0.15, -0.1) is 0 Å². The molecule has 1 aliphatic rings. The quantitative estimate of drug-likeness (QED) is 0.631. The van der Waals surface area contributed by atoms with E-state index in [4.69, 9.17) is 4.74 Å². The standard InChI is InChI=1S/C16H23NO2/c1-12(17-9-10-19-2)16(18)15-8-7-13-5-3-4-6-14(13)11-15/h7-8,11-12,17H,3-6,9-10H2,1-2H3. The molecular weight excluding hydrogens is 238 g/mol. The van der Waals surface area contributed by atoms with Gasteiger partial charge in [-0.1, -0.05) is 12.1 Å². The van der Waals surface area contributed by atoms with Crippen molar-refractivity contribution in [2.45, 2.75) is 38.6 Å². The number of aryl methyl sites for hydroxylation is 2. The SMILES string of the molecule is COCCNC(C)C(=O)c1ccc2c(c1)CCCC2. The van der Waals surface area contributed by atoms with Gasteiger partial charge in [-0.05, 0) is 49.8 Å². The summed E-state index contributed by atoms with van der Waals surface area (Å²) in [5.74, 6) is 0.171. The number of benzene rings is 1. The molecule has 0 aliphatic heterocycles. The van der Waals surface area contributed by atoms with Crippen LogP contribution >= 0.6 is 0 Å². The first-order valence-corrected chi connectivity index (χ1v) is 7.10. The number of hydrogen-bond acceptors (Lipinski definition) is 3. The monoisotopic (exact) mass is 261 g/mol. The topological polar surface area (TPSA) is 38.3 Å². The molecule has 104 valence electrons. The third-order valence-electron chi connectivity index (χ3n) is 3.78. The average molecular weight is 261 g/mol. The van der Waals surface area contributed by atoms with E-state index >= 15 is 0 Å². The van der Waals surface area contributed by atoms with Crippen LogP contribution in [0.5, 0.6) is 0 Å². The number of nitrogens with one attached hydrogen (secondary N) is 1. The smallest absolute Gasteiger partial charge is 0.179 e. The zero-order valence-corrected chi connectivity index (χ0v) is 11.9. The predicted octanol–water partition coefficient (Wildman–Crippen LogP) is 2.37.